The summed E-state index contributed by atoms with van der Waals surface area (Å²) in [5.74, 6) is 0.740. The minimum absolute atomic E-state index is 0.0545. The lowest BCUT2D eigenvalue weighted by Crippen LogP contribution is -2.09. The summed E-state index contributed by atoms with van der Waals surface area (Å²) in [6.07, 6.45) is 0. The Morgan fingerprint density at radius 1 is 1.00 bits per heavy atom. The van der Waals surface area contributed by atoms with Crippen LogP contribution in [0.1, 0.15) is 46.8 Å². The number of carbonyl (C=O) groups is 1. The van der Waals surface area contributed by atoms with Gasteiger partial charge in [0.2, 0.25) is 0 Å². The number of methoxy groups -OCH3 is 2. The zero-order valence-corrected chi connectivity index (χ0v) is 17.2. The molecule has 0 saturated carbocycles. The fourth-order valence-corrected chi connectivity index (χ4v) is 3.28. The van der Waals surface area contributed by atoms with E-state index in [1.165, 1.54) is 20.3 Å². The lowest BCUT2D eigenvalue weighted by atomic mass is 9.95. The van der Waals surface area contributed by atoms with Crippen molar-refractivity contribution in [2.24, 2.45) is 0 Å². The van der Waals surface area contributed by atoms with E-state index in [9.17, 15) is 9.59 Å². The van der Waals surface area contributed by atoms with Crippen LogP contribution in [0.4, 0.5) is 0 Å². The van der Waals surface area contributed by atoms with Crippen LogP contribution in [0.2, 0.25) is 0 Å². The average molecular weight is 396 g/mol. The molecule has 1 aromatic heterocycles. The predicted octanol–water partition coefficient (Wildman–Crippen LogP) is 4.60. The summed E-state index contributed by atoms with van der Waals surface area (Å²) in [6.45, 7) is 6.13. The molecule has 29 heavy (non-hydrogen) atoms. The van der Waals surface area contributed by atoms with Crippen molar-refractivity contribution in [2.75, 3.05) is 14.2 Å². The Labute approximate surface area is 169 Å². The van der Waals surface area contributed by atoms with Gasteiger partial charge in [-0.1, -0.05) is 13.8 Å². The van der Waals surface area contributed by atoms with Crippen LogP contribution in [-0.2, 0) is 11.3 Å². The van der Waals surface area contributed by atoms with Gasteiger partial charge in [0, 0.05) is 23.1 Å². The minimum atomic E-state index is -0.542. The van der Waals surface area contributed by atoms with Crippen LogP contribution in [0.3, 0.4) is 0 Å². The van der Waals surface area contributed by atoms with Crippen molar-refractivity contribution >= 4 is 16.9 Å². The van der Waals surface area contributed by atoms with E-state index in [4.69, 9.17) is 18.6 Å². The molecule has 0 fully saturated rings. The molecule has 2 aromatic carbocycles. The summed E-state index contributed by atoms with van der Waals surface area (Å²) < 4.78 is 21.2. The van der Waals surface area contributed by atoms with Crippen molar-refractivity contribution in [3.05, 3.63) is 69.1 Å². The van der Waals surface area contributed by atoms with Crippen molar-refractivity contribution < 1.29 is 23.4 Å². The third-order valence-electron chi connectivity index (χ3n) is 4.78. The summed E-state index contributed by atoms with van der Waals surface area (Å²) in [7, 11) is 3.02. The van der Waals surface area contributed by atoms with Gasteiger partial charge in [-0.25, -0.2) is 9.59 Å². The number of hydrogen-bond donors (Lipinski definition) is 0. The Morgan fingerprint density at radius 3 is 2.24 bits per heavy atom. The van der Waals surface area contributed by atoms with Crippen LogP contribution >= 0.6 is 0 Å². The fourth-order valence-electron chi connectivity index (χ4n) is 3.28. The minimum Gasteiger partial charge on any atom is -0.497 e. The SMILES string of the molecule is COc1cc(OC)cc(C(=O)OCc2cc(=O)oc3cc(C)c(C(C)C)cc23)c1. The molecule has 152 valence electrons. The Bertz CT molecular complexity index is 1090. The summed E-state index contributed by atoms with van der Waals surface area (Å²) >= 11 is 0. The summed E-state index contributed by atoms with van der Waals surface area (Å²) in [6, 6.07) is 10.0. The van der Waals surface area contributed by atoms with Gasteiger partial charge in [-0.2, -0.15) is 0 Å². The molecule has 0 bridgehead atoms. The molecule has 3 aromatic rings. The number of carbonyl (C=O) groups excluding carboxylic acids is 1. The topological polar surface area (TPSA) is 75.0 Å². The molecule has 0 amide bonds. The number of hydrogen-bond acceptors (Lipinski definition) is 6. The van der Waals surface area contributed by atoms with Gasteiger partial charge in [-0.3, -0.25) is 0 Å². The predicted molar refractivity (Wildman–Crippen MR) is 110 cm³/mol. The second kappa shape index (κ2) is 8.39. The quantitative estimate of drug-likeness (QED) is 0.448. The monoisotopic (exact) mass is 396 g/mol. The number of aryl methyl sites for hydroxylation is 1. The van der Waals surface area contributed by atoms with Crippen molar-refractivity contribution in [1.82, 2.24) is 0 Å². The molecular weight excluding hydrogens is 372 g/mol. The van der Waals surface area contributed by atoms with Gasteiger partial charge < -0.3 is 18.6 Å². The molecule has 0 unspecified atom stereocenters. The van der Waals surface area contributed by atoms with Crippen LogP contribution in [-0.4, -0.2) is 20.2 Å². The first-order chi connectivity index (χ1) is 13.8. The van der Waals surface area contributed by atoms with Gasteiger partial charge in [-0.05, 0) is 48.2 Å². The van der Waals surface area contributed by atoms with Crippen LogP contribution in [0.25, 0.3) is 11.0 Å². The van der Waals surface area contributed by atoms with Crippen LogP contribution in [0.15, 0.2) is 45.6 Å². The van der Waals surface area contributed by atoms with Crippen molar-refractivity contribution in [3.8, 4) is 11.5 Å². The van der Waals surface area contributed by atoms with Crippen molar-refractivity contribution in [1.29, 1.82) is 0 Å². The lowest BCUT2D eigenvalue weighted by Gasteiger charge is -2.13. The highest BCUT2D eigenvalue weighted by atomic mass is 16.5. The highest BCUT2D eigenvalue weighted by Gasteiger charge is 2.15. The third-order valence-corrected chi connectivity index (χ3v) is 4.78. The summed E-state index contributed by atoms with van der Waals surface area (Å²) in [5.41, 5.74) is 3.09. The van der Waals surface area contributed by atoms with Crippen LogP contribution in [0.5, 0.6) is 11.5 Å². The molecule has 0 aliphatic heterocycles. The highest BCUT2D eigenvalue weighted by molar-refractivity contribution is 5.90. The average Bonchev–Trinajstić information content (AvgIpc) is 2.70. The molecule has 1 heterocycles. The third kappa shape index (κ3) is 4.42. The maximum Gasteiger partial charge on any atom is 0.338 e. The molecule has 3 rings (SSSR count). The van der Waals surface area contributed by atoms with Gasteiger partial charge in [0.1, 0.15) is 23.7 Å². The maximum absolute atomic E-state index is 12.6. The van der Waals surface area contributed by atoms with Crippen LogP contribution in [0, 0.1) is 6.92 Å². The Hall–Kier alpha value is -3.28. The first kappa shape index (κ1) is 20.5. The standard InChI is InChI=1S/C23H24O6/c1-13(2)19-11-20-16(9-22(24)29-21(20)6-14(19)3)12-28-23(25)15-7-17(26-4)10-18(8-15)27-5/h6-11,13H,12H2,1-5H3. The van der Waals surface area contributed by atoms with Gasteiger partial charge in [-0.15, -0.1) is 0 Å². The second-order valence-electron chi connectivity index (χ2n) is 7.13. The molecule has 0 aliphatic carbocycles. The zero-order valence-electron chi connectivity index (χ0n) is 17.2. The normalized spacial score (nSPS) is 11.0. The van der Waals surface area contributed by atoms with E-state index < -0.39 is 11.6 Å². The number of fused-ring (bicyclic) bond motifs is 1. The Balaban J connectivity index is 1.93. The number of benzene rings is 2. The molecule has 6 heteroatoms. The first-order valence-corrected chi connectivity index (χ1v) is 9.30. The largest absolute Gasteiger partial charge is 0.497 e. The molecule has 0 aliphatic rings. The van der Waals surface area contributed by atoms with E-state index in [0.29, 0.717) is 34.1 Å². The molecule has 0 N–H and O–H groups in total. The van der Waals surface area contributed by atoms with E-state index in [-0.39, 0.29) is 6.61 Å². The first-order valence-electron chi connectivity index (χ1n) is 9.30. The number of ether oxygens (including phenoxy) is 3. The number of esters is 1. The smallest absolute Gasteiger partial charge is 0.338 e. The van der Waals surface area contributed by atoms with E-state index in [2.05, 4.69) is 13.8 Å². The zero-order chi connectivity index (χ0) is 21.1. The highest BCUT2D eigenvalue weighted by Crippen LogP contribution is 2.28. The maximum atomic E-state index is 12.6. The molecule has 0 saturated heterocycles. The lowest BCUT2D eigenvalue weighted by molar-refractivity contribution is 0.0473. The van der Waals surface area contributed by atoms with E-state index in [1.54, 1.807) is 18.2 Å². The van der Waals surface area contributed by atoms with Crippen molar-refractivity contribution in [2.45, 2.75) is 33.3 Å². The molecule has 0 spiro atoms. The fraction of sp³-hybridized carbons (Fsp3) is 0.304. The van der Waals surface area contributed by atoms with Gasteiger partial charge >= 0.3 is 11.6 Å². The Morgan fingerprint density at radius 2 is 1.66 bits per heavy atom. The molecule has 0 radical (unpaired) electrons. The Kier molecular flexibility index (Phi) is 5.92. The van der Waals surface area contributed by atoms with Gasteiger partial charge in [0.15, 0.2) is 0 Å². The van der Waals surface area contributed by atoms with Gasteiger partial charge in [0.25, 0.3) is 0 Å². The molecule has 0 atom stereocenters. The number of rotatable bonds is 6. The summed E-state index contributed by atoms with van der Waals surface area (Å²) in [4.78, 5) is 24.5. The van der Waals surface area contributed by atoms with Gasteiger partial charge in [0.05, 0.1) is 19.8 Å². The van der Waals surface area contributed by atoms with E-state index in [0.717, 1.165) is 16.5 Å². The molecule has 6 nitrogen and oxygen atoms in total. The van der Waals surface area contributed by atoms with Crippen LogP contribution < -0.4 is 15.1 Å². The summed E-state index contributed by atoms with van der Waals surface area (Å²) in [5, 5.41) is 0.759. The second-order valence-corrected chi connectivity index (χ2v) is 7.13. The van der Waals surface area contributed by atoms with E-state index in [1.807, 2.05) is 19.1 Å². The molecular formula is C23H24O6. The van der Waals surface area contributed by atoms with Crippen molar-refractivity contribution in [3.63, 3.8) is 0 Å². The van der Waals surface area contributed by atoms with E-state index >= 15 is 0 Å².